The molecule has 16 heavy (non-hydrogen) atoms. The first-order valence-corrected chi connectivity index (χ1v) is 5.80. The van der Waals surface area contributed by atoms with Crippen LogP contribution in [0.25, 0.3) is 0 Å². The Morgan fingerprint density at radius 1 is 1.62 bits per heavy atom. The summed E-state index contributed by atoms with van der Waals surface area (Å²) < 4.78 is 5.01. The molecule has 1 N–H and O–H groups in total. The van der Waals surface area contributed by atoms with Crippen molar-refractivity contribution in [2.75, 3.05) is 39.9 Å². The van der Waals surface area contributed by atoms with Crippen LogP contribution in [0.3, 0.4) is 0 Å². The molecule has 4 nitrogen and oxygen atoms in total. The van der Waals surface area contributed by atoms with E-state index in [0.29, 0.717) is 25.6 Å². The summed E-state index contributed by atoms with van der Waals surface area (Å²) in [5, 5.41) is 3.25. The average molecular weight is 226 g/mol. The molecule has 1 amide bonds. The van der Waals surface area contributed by atoms with Crippen molar-refractivity contribution in [2.45, 2.75) is 6.92 Å². The number of ether oxygens (including phenoxy) is 1. The highest BCUT2D eigenvalue weighted by molar-refractivity contribution is 5.80. The Balaban J connectivity index is 2.54. The first-order valence-electron chi connectivity index (χ1n) is 5.80. The monoisotopic (exact) mass is 226 g/mol. The Labute approximate surface area is 97.6 Å². The van der Waals surface area contributed by atoms with Gasteiger partial charge in [0.15, 0.2) is 0 Å². The lowest BCUT2D eigenvalue weighted by atomic mass is 9.96. The molecule has 1 aliphatic rings. The van der Waals surface area contributed by atoms with Crippen LogP contribution in [0.15, 0.2) is 12.7 Å². The minimum absolute atomic E-state index is 0.108. The second kappa shape index (κ2) is 6.66. The third kappa shape index (κ3) is 3.32. The minimum Gasteiger partial charge on any atom is -0.383 e. The quantitative estimate of drug-likeness (QED) is 0.671. The summed E-state index contributed by atoms with van der Waals surface area (Å²) in [4.78, 5) is 14.1. The predicted octanol–water partition coefficient (Wildman–Crippen LogP) is 0.503. The summed E-state index contributed by atoms with van der Waals surface area (Å²) in [7, 11) is 1.65. The molecule has 1 saturated heterocycles. The number of methoxy groups -OCH3 is 1. The number of hydrogen-bond donors (Lipinski definition) is 1. The van der Waals surface area contributed by atoms with Gasteiger partial charge in [0.1, 0.15) is 0 Å². The van der Waals surface area contributed by atoms with Crippen LogP contribution in [0, 0.1) is 11.8 Å². The summed E-state index contributed by atoms with van der Waals surface area (Å²) in [5.74, 6) is 0.744. The predicted molar refractivity (Wildman–Crippen MR) is 64.2 cm³/mol. The Bertz CT molecular complexity index is 243. The molecular formula is C12H22N2O2. The molecule has 0 aromatic rings. The first-order chi connectivity index (χ1) is 7.70. The summed E-state index contributed by atoms with van der Waals surface area (Å²) in [6.07, 6.45) is 1.76. The van der Waals surface area contributed by atoms with E-state index in [9.17, 15) is 4.79 Å². The molecule has 1 rings (SSSR count). The first kappa shape index (κ1) is 13.2. The van der Waals surface area contributed by atoms with E-state index >= 15 is 0 Å². The zero-order valence-electron chi connectivity index (χ0n) is 10.2. The van der Waals surface area contributed by atoms with Gasteiger partial charge >= 0.3 is 0 Å². The van der Waals surface area contributed by atoms with Crippen LogP contribution in [-0.4, -0.2) is 50.7 Å². The number of nitrogens with one attached hydrogen (secondary N) is 1. The van der Waals surface area contributed by atoms with Crippen molar-refractivity contribution in [3.63, 3.8) is 0 Å². The van der Waals surface area contributed by atoms with E-state index in [0.717, 1.165) is 13.1 Å². The highest BCUT2D eigenvalue weighted by atomic mass is 16.5. The second-order valence-electron chi connectivity index (χ2n) is 4.31. The second-order valence-corrected chi connectivity index (χ2v) is 4.31. The van der Waals surface area contributed by atoms with Crippen molar-refractivity contribution in [3.05, 3.63) is 12.7 Å². The van der Waals surface area contributed by atoms with E-state index in [1.54, 1.807) is 13.2 Å². The molecule has 0 saturated carbocycles. The number of amides is 1. The number of nitrogens with zero attached hydrogens (tertiary/aromatic N) is 1. The normalized spacial score (nSPS) is 24.4. The third-order valence-electron chi connectivity index (χ3n) is 3.06. The summed E-state index contributed by atoms with van der Waals surface area (Å²) >= 11 is 0. The lowest BCUT2D eigenvalue weighted by Gasteiger charge is -2.25. The largest absolute Gasteiger partial charge is 0.383 e. The van der Waals surface area contributed by atoms with Crippen molar-refractivity contribution in [1.82, 2.24) is 10.2 Å². The summed E-state index contributed by atoms with van der Waals surface area (Å²) in [5.41, 5.74) is 0. The van der Waals surface area contributed by atoms with Crippen LogP contribution < -0.4 is 5.32 Å². The van der Waals surface area contributed by atoms with Crippen LogP contribution in [0.2, 0.25) is 0 Å². The molecule has 0 radical (unpaired) electrons. The van der Waals surface area contributed by atoms with Gasteiger partial charge in [0.2, 0.25) is 5.91 Å². The van der Waals surface area contributed by atoms with Gasteiger partial charge in [-0.1, -0.05) is 13.0 Å². The van der Waals surface area contributed by atoms with Gasteiger partial charge in [-0.2, -0.15) is 0 Å². The smallest absolute Gasteiger partial charge is 0.227 e. The SMILES string of the molecule is C=CCN(CCOC)C(=O)[C@@H]1CNC[C@H]1C. The topological polar surface area (TPSA) is 41.6 Å². The molecule has 0 bridgehead atoms. The Hall–Kier alpha value is -0.870. The van der Waals surface area contributed by atoms with Crippen LogP contribution in [0.1, 0.15) is 6.92 Å². The summed E-state index contributed by atoms with van der Waals surface area (Å²) in [6, 6.07) is 0. The molecule has 0 unspecified atom stereocenters. The van der Waals surface area contributed by atoms with Crippen LogP contribution in [-0.2, 0) is 9.53 Å². The van der Waals surface area contributed by atoms with Crippen molar-refractivity contribution < 1.29 is 9.53 Å². The van der Waals surface area contributed by atoms with Crippen LogP contribution in [0.5, 0.6) is 0 Å². The minimum atomic E-state index is 0.108. The molecule has 1 aliphatic heterocycles. The fraction of sp³-hybridized carbons (Fsp3) is 0.750. The standard InChI is InChI=1S/C12H22N2O2/c1-4-5-14(6-7-16-3)12(15)11-9-13-8-10(11)2/h4,10-11,13H,1,5-9H2,2-3H3/t10-,11-/m1/s1. The van der Waals surface area contributed by atoms with Crippen molar-refractivity contribution in [3.8, 4) is 0 Å². The van der Waals surface area contributed by atoms with Gasteiger partial charge in [-0.05, 0) is 12.5 Å². The number of carbonyl (C=O) groups is 1. The Kier molecular flexibility index (Phi) is 5.49. The van der Waals surface area contributed by atoms with E-state index in [1.165, 1.54) is 0 Å². The maximum Gasteiger partial charge on any atom is 0.227 e. The summed E-state index contributed by atoms with van der Waals surface area (Å²) in [6.45, 7) is 9.35. The number of hydrogen-bond acceptors (Lipinski definition) is 3. The molecule has 4 heteroatoms. The zero-order valence-corrected chi connectivity index (χ0v) is 10.2. The van der Waals surface area contributed by atoms with Gasteiger partial charge in [-0.25, -0.2) is 0 Å². The van der Waals surface area contributed by atoms with E-state index in [1.807, 2.05) is 4.90 Å². The van der Waals surface area contributed by atoms with E-state index in [4.69, 9.17) is 4.74 Å². The van der Waals surface area contributed by atoms with Gasteiger partial charge in [0.25, 0.3) is 0 Å². The van der Waals surface area contributed by atoms with Crippen LogP contribution in [0.4, 0.5) is 0 Å². The number of rotatable bonds is 6. The van der Waals surface area contributed by atoms with E-state index < -0.39 is 0 Å². The van der Waals surface area contributed by atoms with E-state index in [2.05, 4.69) is 18.8 Å². The van der Waals surface area contributed by atoms with Gasteiger partial charge < -0.3 is 15.0 Å². The van der Waals surface area contributed by atoms with Crippen molar-refractivity contribution in [2.24, 2.45) is 11.8 Å². The zero-order chi connectivity index (χ0) is 12.0. The molecule has 2 atom stereocenters. The molecule has 0 aromatic carbocycles. The van der Waals surface area contributed by atoms with Crippen molar-refractivity contribution >= 4 is 5.91 Å². The third-order valence-corrected chi connectivity index (χ3v) is 3.06. The fourth-order valence-corrected chi connectivity index (χ4v) is 2.02. The average Bonchev–Trinajstić information content (AvgIpc) is 2.69. The fourth-order valence-electron chi connectivity index (χ4n) is 2.02. The van der Waals surface area contributed by atoms with Gasteiger partial charge in [-0.3, -0.25) is 4.79 Å². The van der Waals surface area contributed by atoms with Crippen LogP contribution >= 0.6 is 0 Å². The molecule has 92 valence electrons. The molecule has 0 aliphatic carbocycles. The Morgan fingerprint density at radius 3 is 2.88 bits per heavy atom. The molecule has 0 aromatic heterocycles. The Morgan fingerprint density at radius 2 is 2.38 bits per heavy atom. The molecular weight excluding hydrogens is 204 g/mol. The lowest BCUT2D eigenvalue weighted by molar-refractivity contribution is -0.136. The van der Waals surface area contributed by atoms with Gasteiger partial charge in [-0.15, -0.1) is 6.58 Å². The lowest BCUT2D eigenvalue weighted by Crippen LogP contribution is -2.40. The molecule has 1 heterocycles. The maximum absolute atomic E-state index is 12.2. The molecule has 0 spiro atoms. The highest BCUT2D eigenvalue weighted by Gasteiger charge is 2.32. The number of carbonyl (C=O) groups excluding carboxylic acids is 1. The van der Waals surface area contributed by atoms with Gasteiger partial charge in [0, 0.05) is 26.7 Å². The maximum atomic E-state index is 12.2. The van der Waals surface area contributed by atoms with Gasteiger partial charge in [0.05, 0.1) is 12.5 Å². The molecule has 1 fully saturated rings. The highest BCUT2D eigenvalue weighted by Crippen LogP contribution is 2.18. The van der Waals surface area contributed by atoms with E-state index in [-0.39, 0.29) is 11.8 Å². The van der Waals surface area contributed by atoms with Crippen molar-refractivity contribution in [1.29, 1.82) is 0 Å².